The van der Waals surface area contributed by atoms with Crippen molar-refractivity contribution in [1.29, 1.82) is 0 Å². The molecule has 24 heavy (non-hydrogen) atoms. The van der Waals surface area contributed by atoms with E-state index in [2.05, 4.69) is 13.0 Å². The summed E-state index contributed by atoms with van der Waals surface area (Å²) in [6.45, 7) is 6.64. The summed E-state index contributed by atoms with van der Waals surface area (Å²) in [7, 11) is 0. The molecule has 0 aromatic rings. The van der Waals surface area contributed by atoms with Crippen molar-refractivity contribution in [3.05, 3.63) is 24.3 Å². The monoisotopic (exact) mass is 338 g/mol. The summed E-state index contributed by atoms with van der Waals surface area (Å²) < 4.78 is 16.1. The Labute approximate surface area is 147 Å². The van der Waals surface area contributed by atoms with Crippen molar-refractivity contribution in [3.63, 3.8) is 0 Å². The van der Waals surface area contributed by atoms with Crippen LogP contribution in [0.1, 0.15) is 72.1 Å². The highest BCUT2D eigenvalue weighted by Crippen LogP contribution is 2.22. The fraction of sp³-hybridized carbons (Fsp3) is 0.750. The van der Waals surface area contributed by atoms with Gasteiger partial charge in [0.25, 0.3) is 0 Å². The zero-order valence-corrected chi connectivity index (χ0v) is 15.6. The van der Waals surface area contributed by atoms with Gasteiger partial charge >= 0.3 is 5.97 Å². The lowest BCUT2D eigenvalue weighted by Crippen LogP contribution is -2.24. The lowest BCUT2D eigenvalue weighted by Gasteiger charge is -2.16. The minimum atomic E-state index is -0.578. The van der Waals surface area contributed by atoms with Crippen LogP contribution < -0.4 is 0 Å². The van der Waals surface area contributed by atoms with E-state index in [-0.39, 0.29) is 18.7 Å². The van der Waals surface area contributed by atoms with E-state index in [1.54, 1.807) is 6.08 Å². The lowest BCUT2D eigenvalue weighted by atomic mass is 10.1. The second-order valence-corrected chi connectivity index (χ2v) is 6.78. The van der Waals surface area contributed by atoms with Crippen molar-refractivity contribution in [1.82, 2.24) is 0 Å². The van der Waals surface area contributed by atoms with E-state index in [1.807, 2.05) is 19.9 Å². The number of ether oxygens (including phenoxy) is 3. The summed E-state index contributed by atoms with van der Waals surface area (Å²) in [6.07, 6.45) is 17.3. The van der Waals surface area contributed by atoms with E-state index in [0.717, 1.165) is 6.42 Å². The van der Waals surface area contributed by atoms with Crippen LogP contribution in [0.25, 0.3) is 0 Å². The normalized spacial score (nSPS) is 20.2. The fourth-order valence-electron chi connectivity index (χ4n) is 2.60. The van der Waals surface area contributed by atoms with E-state index in [1.165, 1.54) is 51.0 Å². The van der Waals surface area contributed by atoms with Crippen LogP contribution in [0, 0.1) is 0 Å². The first-order valence-corrected chi connectivity index (χ1v) is 9.35. The van der Waals surface area contributed by atoms with Crippen molar-refractivity contribution in [2.45, 2.75) is 84.0 Å². The number of carbonyl (C=O) groups is 1. The molecule has 1 heterocycles. The number of hydrogen-bond acceptors (Lipinski definition) is 4. The summed E-state index contributed by atoms with van der Waals surface area (Å²) in [5.74, 6) is -0.921. The smallest absolute Gasteiger partial charge is 0.330 e. The topological polar surface area (TPSA) is 44.8 Å². The Bertz CT molecular complexity index is 398. The van der Waals surface area contributed by atoms with Crippen LogP contribution in [0.3, 0.4) is 0 Å². The largest absolute Gasteiger partial charge is 0.460 e. The van der Waals surface area contributed by atoms with Gasteiger partial charge in [0.15, 0.2) is 5.79 Å². The highest BCUT2D eigenvalue weighted by atomic mass is 16.7. The molecule has 1 fully saturated rings. The molecule has 0 saturated carbocycles. The van der Waals surface area contributed by atoms with Crippen molar-refractivity contribution < 1.29 is 19.0 Å². The van der Waals surface area contributed by atoms with Gasteiger partial charge in [-0.3, -0.25) is 0 Å². The van der Waals surface area contributed by atoms with Gasteiger partial charge < -0.3 is 14.2 Å². The van der Waals surface area contributed by atoms with Crippen LogP contribution in [0.2, 0.25) is 0 Å². The molecular weight excluding hydrogens is 304 g/mol. The molecule has 0 unspecified atom stereocenters. The van der Waals surface area contributed by atoms with E-state index >= 15 is 0 Å². The summed E-state index contributed by atoms with van der Waals surface area (Å²) in [6, 6.07) is 0. The highest BCUT2D eigenvalue weighted by molar-refractivity contribution is 5.82. The molecule has 138 valence electrons. The molecular formula is C20H34O4. The van der Waals surface area contributed by atoms with Gasteiger partial charge in [-0.2, -0.15) is 0 Å². The molecule has 0 bridgehead atoms. The SMILES string of the molecule is CCCCCCCCC/C=C/C=C/C(=O)OC[C@H]1COC(C)(C)O1. The maximum atomic E-state index is 11.6. The van der Waals surface area contributed by atoms with E-state index in [0.29, 0.717) is 6.61 Å². The van der Waals surface area contributed by atoms with Crippen LogP contribution >= 0.6 is 0 Å². The number of unbranched alkanes of at least 4 members (excludes halogenated alkanes) is 7. The van der Waals surface area contributed by atoms with Crippen LogP contribution in [-0.4, -0.2) is 31.1 Å². The predicted octanol–water partition coefficient (Wildman–Crippen LogP) is 4.93. The molecule has 1 aliphatic heterocycles. The molecule has 1 atom stereocenters. The molecule has 1 aliphatic rings. The number of esters is 1. The van der Waals surface area contributed by atoms with Gasteiger partial charge in [-0.15, -0.1) is 0 Å². The zero-order chi connectivity index (χ0) is 17.7. The first kappa shape index (κ1) is 20.9. The van der Waals surface area contributed by atoms with Gasteiger partial charge in [-0.05, 0) is 26.7 Å². The van der Waals surface area contributed by atoms with Gasteiger partial charge in [0.05, 0.1) is 6.61 Å². The number of rotatable bonds is 12. The average molecular weight is 338 g/mol. The molecule has 4 heteroatoms. The van der Waals surface area contributed by atoms with Crippen LogP contribution in [0.15, 0.2) is 24.3 Å². The van der Waals surface area contributed by atoms with Gasteiger partial charge in [-0.1, -0.05) is 63.7 Å². The predicted molar refractivity (Wildman–Crippen MR) is 96.8 cm³/mol. The summed E-state index contributed by atoms with van der Waals surface area (Å²) in [4.78, 5) is 11.6. The maximum Gasteiger partial charge on any atom is 0.330 e. The number of carbonyl (C=O) groups excluding carboxylic acids is 1. The van der Waals surface area contributed by atoms with Crippen molar-refractivity contribution >= 4 is 5.97 Å². The van der Waals surface area contributed by atoms with Gasteiger partial charge in [-0.25, -0.2) is 4.79 Å². The van der Waals surface area contributed by atoms with Crippen molar-refractivity contribution in [2.24, 2.45) is 0 Å². The van der Waals surface area contributed by atoms with Gasteiger partial charge in [0, 0.05) is 6.08 Å². The number of allylic oxidation sites excluding steroid dienone is 3. The molecule has 4 nitrogen and oxygen atoms in total. The Morgan fingerprint density at radius 2 is 1.83 bits per heavy atom. The second-order valence-electron chi connectivity index (χ2n) is 6.78. The Kier molecular flexibility index (Phi) is 10.7. The fourth-order valence-corrected chi connectivity index (χ4v) is 2.60. The van der Waals surface area contributed by atoms with E-state index in [9.17, 15) is 4.79 Å². The third-order valence-corrected chi connectivity index (χ3v) is 3.93. The third kappa shape index (κ3) is 10.6. The minimum Gasteiger partial charge on any atom is -0.460 e. The second kappa shape index (κ2) is 12.3. The molecule has 0 radical (unpaired) electrons. The maximum absolute atomic E-state index is 11.6. The zero-order valence-electron chi connectivity index (χ0n) is 15.6. The molecule has 1 rings (SSSR count). The standard InChI is InChI=1S/C20H34O4/c1-4-5-6-7-8-9-10-11-12-13-14-15-19(21)22-16-18-17-23-20(2,3)24-18/h12-15,18H,4-11,16-17H2,1-3H3/b13-12+,15-14+/t18-/m0/s1. The summed E-state index contributed by atoms with van der Waals surface area (Å²) in [5, 5.41) is 0. The van der Waals surface area contributed by atoms with Crippen LogP contribution in [0.4, 0.5) is 0 Å². The quantitative estimate of drug-likeness (QED) is 0.219. The lowest BCUT2D eigenvalue weighted by molar-refractivity contribution is -0.154. The molecule has 0 aromatic carbocycles. The van der Waals surface area contributed by atoms with E-state index < -0.39 is 5.79 Å². The van der Waals surface area contributed by atoms with Gasteiger partial charge in [0.1, 0.15) is 12.7 Å². The number of hydrogen-bond donors (Lipinski definition) is 0. The summed E-state index contributed by atoms with van der Waals surface area (Å²) >= 11 is 0. The molecule has 0 aliphatic carbocycles. The first-order valence-electron chi connectivity index (χ1n) is 9.35. The van der Waals surface area contributed by atoms with Crippen molar-refractivity contribution in [2.75, 3.05) is 13.2 Å². The average Bonchev–Trinajstić information content (AvgIpc) is 2.90. The Balaban J connectivity index is 1.98. The Morgan fingerprint density at radius 3 is 2.50 bits per heavy atom. The molecule has 0 amide bonds. The Morgan fingerprint density at radius 1 is 1.12 bits per heavy atom. The molecule has 0 aromatic heterocycles. The summed E-state index contributed by atoms with van der Waals surface area (Å²) in [5.41, 5.74) is 0. The molecule has 0 N–H and O–H groups in total. The molecule has 1 saturated heterocycles. The van der Waals surface area contributed by atoms with Crippen LogP contribution in [0.5, 0.6) is 0 Å². The van der Waals surface area contributed by atoms with Crippen LogP contribution in [-0.2, 0) is 19.0 Å². The van der Waals surface area contributed by atoms with Crippen molar-refractivity contribution in [3.8, 4) is 0 Å². The minimum absolute atomic E-state index is 0.176. The van der Waals surface area contributed by atoms with E-state index in [4.69, 9.17) is 14.2 Å². The third-order valence-electron chi connectivity index (χ3n) is 3.93. The highest BCUT2D eigenvalue weighted by Gasteiger charge is 2.33. The molecule has 0 spiro atoms. The Hall–Kier alpha value is -1.13. The first-order chi connectivity index (χ1) is 11.5. The van der Waals surface area contributed by atoms with Gasteiger partial charge in [0.2, 0.25) is 0 Å².